The molecule has 29 heavy (non-hydrogen) atoms. The second-order valence-electron chi connectivity index (χ2n) is 6.54. The topological polar surface area (TPSA) is 72.5 Å². The maximum atomic E-state index is 12.7. The number of aryl methyl sites for hydroxylation is 2. The molecule has 0 bridgehead atoms. The van der Waals surface area contributed by atoms with Gasteiger partial charge >= 0.3 is 0 Å². The van der Waals surface area contributed by atoms with Crippen LogP contribution < -0.4 is 20.1 Å². The molecule has 0 saturated carbocycles. The fourth-order valence-electron chi connectivity index (χ4n) is 3.09. The third-order valence-electron chi connectivity index (χ3n) is 4.64. The minimum Gasteiger partial charge on any atom is -0.493 e. The summed E-state index contributed by atoms with van der Waals surface area (Å²) >= 11 is 0. The molecule has 0 aliphatic heterocycles. The van der Waals surface area contributed by atoms with Crippen LogP contribution in [0.5, 0.6) is 11.5 Å². The number of hydrogen-bond acceptors (Lipinski definition) is 5. The van der Waals surface area contributed by atoms with Gasteiger partial charge in [-0.25, -0.2) is 0 Å². The van der Waals surface area contributed by atoms with Crippen molar-refractivity contribution in [2.75, 3.05) is 24.9 Å². The molecule has 1 amide bonds. The van der Waals surface area contributed by atoms with Crippen LogP contribution in [0, 0.1) is 6.92 Å². The summed E-state index contributed by atoms with van der Waals surface area (Å²) in [5.74, 6) is 0.835. The predicted octanol–water partition coefficient (Wildman–Crippen LogP) is 4.97. The van der Waals surface area contributed by atoms with E-state index in [-0.39, 0.29) is 5.91 Å². The van der Waals surface area contributed by atoms with E-state index in [1.165, 1.54) is 5.56 Å². The minimum absolute atomic E-state index is 0.304. The van der Waals surface area contributed by atoms with E-state index in [4.69, 9.17) is 9.47 Å². The number of hydrogen-bond donors (Lipinski definition) is 2. The van der Waals surface area contributed by atoms with E-state index in [0.717, 1.165) is 23.4 Å². The molecule has 0 aliphatic carbocycles. The van der Waals surface area contributed by atoms with E-state index < -0.39 is 0 Å². The molecular formula is C23H25N3O3. The lowest BCUT2D eigenvalue weighted by molar-refractivity contribution is 0.102. The molecule has 150 valence electrons. The van der Waals surface area contributed by atoms with E-state index in [2.05, 4.69) is 41.6 Å². The van der Waals surface area contributed by atoms with Crippen LogP contribution in [0.2, 0.25) is 0 Å². The van der Waals surface area contributed by atoms with Crippen molar-refractivity contribution < 1.29 is 14.3 Å². The van der Waals surface area contributed by atoms with Crippen molar-refractivity contribution in [2.45, 2.75) is 20.3 Å². The number of benzene rings is 2. The second kappa shape index (κ2) is 9.10. The van der Waals surface area contributed by atoms with Gasteiger partial charge in [0.25, 0.3) is 5.91 Å². The molecule has 1 aromatic heterocycles. The SMILES string of the molecule is CCc1cccc(C)c1Nc1ccnc(C(=O)Nc2ccc(OC)c(OC)c2)c1. The van der Waals surface area contributed by atoms with Crippen molar-refractivity contribution in [3.05, 3.63) is 71.5 Å². The highest BCUT2D eigenvalue weighted by atomic mass is 16.5. The van der Waals surface area contributed by atoms with Gasteiger partial charge in [-0.3, -0.25) is 9.78 Å². The Bertz CT molecular complexity index is 1020. The van der Waals surface area contributed by atoms with Crippen LogP contribution in [-0.4, -0.2) is 25.1 Å². The second-order valence-corrected chi connectivity index (χ2v) is 6.54. The Hall–Kier alpha value is -3.54. The molecular weight excluding hydrogens is 366 g/mol. The number of methoxy groups -OCH3 is 2. The van der Waals surface area contributed by atoms with Gasteiger partial charge in [-0.15, -0.1) is 0 Å². The number of carbonyl (C=O) groups is 1. The van der Waals surface area contributed by atoms with Crippen molar-refractivity contribution in [3.8, 4) is 11.5 Å². The monoisotopic (exact) mass is 391 g/mol. The van der Waals surface area contributed by atoms with Crippen LogP contribution in [0.15, 0.2) is 54.7 Å². The number of pyridine rings is 1. The molecule has 1 heterocycles. The van der Waals surface area contributed by atoms with Crippen molar-refractivity contribution in [1.29, 1.82) is 0 Å². The largest absolute Gasteiger partial charge is 0.493 e. The first-order valence-corrected chi connectivity index (χ1v) is 9.40. The van der Waals surface area contributed by atoms with Crippen molar-refractivity contribution in [3.63, 3.8) is 0 Å². The van der Waals surface area contributed by atoms with Gasteiger partial charge in [0.1, 0.15) is 5.69 Å². The van der Waals surface area contributed by atoms with Crippen molar-refractivity contribution in [2.24, 2.45) is 0 Å². The number of anilines is 3. The molecule has 0 unspecified atom stereocenters. The summed E-state index contributed by atoms with van der Waals surface area (Å²) in [6.07, 6.45) is 2.54. The first-order chi connectivity index (χ1) is 14.0. The number of ether oxygens (including phenoxy) is 2. The summed E-state index contributed by atoms with van der Waals surface area (Å²) < 4.78 is 10.5. The summed E-state index contributed by atoms with van der Waals surface area (Å²) in [6.45, 7) is 4.18. The van der Waals surface area contributed by atoms with E-state index in [0.29, 0.717) is 22.9 Å². The predicted molar refractivity (Wildman–Crippen MR) is 116 cm³/mol. The smallest absolute Gasteiger partial charge is 0.274 e. The Morgan fingerprint density at radius 3 is 2.52 bits per heavy atom. The van der Waals surface area contributed by atoms with Gasteiger partial charge in [0.15, 0.2) is 11.5 Å². The fraction of sp³-hybridized carbons (Fsp3) is 0.217. The highest BCUT2D eigenvalue weighted by molar-refractivity contribution is 6.03. The zero-order chi connectivity index (χ0) is 20.8. The van der Waals surface area contributed by atoms with Crippen LogP contribution in [0.1, 0.15) is 28.5 Å². The molecule has 6 heteroatoms. The molecule has 6 nitrogen and oxygen atoms in total. The van der Waals surface area contributed by atoms with Gasteiger partial charge in [-0.1, -0.05) is 25.1 Å². The maximum absolute atomic E-state index is 12.7. The van der Waals surface area contributed by atoms with E-state index in [9.17, 15) is 4.79 Å². The number of rotatable bonds is 7. The van der Waals surface area contributed by atoms with Crippen LogP contribution in [0.4, 0.5) is 17.1 Å². The molecule has 2 N–H and O–H groups in total. The highest BCUT2D eigenvalue weighted by Gasteiger charge is 2.12. The molecule has 0 saturated heterocycles. The van der Waals surface area contributed by atoms with Crippen molar-refractivity contribution in [1.82, 2.24) is 4.98 Å². The number of nitrogens with zero attached hydrogens (tertiary/aromatic N) is 1. The number of nitrogens with one attached hydrogen (secondary N) is 2. The molecule has 0 fully saturated rings. The Kier molecular flexibility index (Phi) is 6.34. The van der Waals surface area contributed by atoms with Gasteiger partial charge in [0, 0.05) is 29.3 Å². The number of para-hydroxylation sites is 1. The summed E-state index contributed by atoms with van der Waals surface area (Å²) in [7, 11) is 3.12. The zero-order valence-electron chi connectivity index (χ0n) is 17.1. The summed E-state index contributed by atoms with van der Waals surface area (Å²) in [5.41, 5.74) is 5.15. The number of amides is 1. The lowest BCUT2D eigenvalue weighted by atomic mass is 10.1. The minimum atomic E-state index is -0.304. The van der Waals surface area contributed by atoms with Crippen LogP contribution in [-0.2, 0) is 6.42 Å². The fourth-order valence-corrected chi connectivity index (χ4v) is 3.09. The van der Waals surface area contributed by atoms with E-state index >= 15 is 0 Å². The van der Waals surface area contributed by atoms with Gasteiger partial charge in [-0.05, 0) is 48.7 Å². The Morgan fingerprint density at radius 1 is 1.00 bits per heavy atom. The van der Waals surface area contributed by atoms with Crippen molar-refractivity contribution >= 4 is 23.0 Å². The third kappa shape index (κ3) is 4.66. The molecule has 3 rings (SSSR count). The molecule has 2 aromatic carbocycles. The zero-order valence-corrected chi connectivity index (χ0v) is 17.1. The van der Waals surface area contributed by atoms with Gasteiger partial charge < -0.3 is 20.1 Å². The standard InChI is InChI=1S/C23H25N3O3/c1-5-16-8-6-7-15(2)22(16)25-18-11-12-24-19(13-18)23(27)26-17-9-10-20(28-3)21(14-17)29-4/h6-14H,5H2,1-4H3,(H,24,25)(H,26,27). The first kappa shape index (κ1) is 20.2. The third-order valence-corrected chi connectivity index (χ3v) is 4.64. The van der Waals surface area contributed by atoms with E-state index in [1.54, 1.807) is 44.7 Å². The van der Waals surface area contributed by atoms with Gasteiger partial charge in [0.2, 0.25) is 0 Å². The Morgan fingerprint density at radius 2 is 1.79 bits per heavy atom. The van der Waals surface area contributed by atoms with Gasteiger partial charge in [0.05, 0.1) is 14.2 Å². The number of carbonyl (C=O) groups excluding carboxylic acids is 1. The Balaban J connectivity index is 1.80. The molecule has 0 aliphatic rings. The summed E-state index contributed by atoms with van der Waals surface area (Å²) in [5, 5.41) is 6.27. The van der Waals surface area contributed by atoms with Crippen LogP contribution in [0.25, 0.3) is 0 Å². The lowest BCUT2D eigenvalue weighted by Crippen LogP contribution is -2.14. The van der Waals surface area contributed by atoms with Gasteiger partial charge in [-0.2, -0.15) is 0 Å². The molecule has 0 atom stereocenters. The summed E-state index contributed by atoms with van der Waals surface area (Å²) in [6, 6.07) is 15.0. The average molecular weight is 391 g/mol. The van der Waals surface area contributed by atoms with Crippen LogP contribution >= 0.6 is 0 Å². The maximum Gasteiger partial charge on any atom is 0.274 e. The normalized spacial score (nSPS) is 10.3. The Labute approximate surface area is 170 Å². The molecule has 0 spiro atoms. The van der Waals surface area contributed by atoms with Crippen LogP contribution in [0.3, 0.4) is 0 Å². The quantitative estimate of drug-likeness (QED) is 0.595. The van der Waals surface area contributed by atoms with E-state index in [1.807, 2.05) is 12.1 Å². The summed E-state index contributed by atoms with van der Waals surface area (Å²) in [4.78, 5) is 16.9. The average Bonchev–Trinajstić information content (AvgIpc) is 2.75. The number of aromatic nitrogens is 1. The highest BCUT2D eigenvalue weighted by Crippen LogP contribution is 2.30. The molecule has 3 aromatic rings. The molecule has 0 radical (unpaired) electrons. The lowest BCUT2D eigenvalue weighted by Gasteiger charge is -2.14. The first-order valence-electron chi connectivity index (χ1n) is 9.40.